The Bertz CT molecular complexity index is 1140. The van der Waals surface area contributed by atoms with Gasteiger partial charge in [-0.25, -0.2) is 9.97 Å². The third kappa shape index (κ3) is 3.51. The monoisotopic (exact) mass is 432 g/mol. The lowest BCUT2D eigenvalue weighted by molar-refractivity contribution is -0.0187. The Kier molecular flexibility index (Phi) is 4.53. The highest BCUT2D eigenvalue weighted by Crippen LogP contribution is 2.62. The Hall–Kier alpha value is -2.47. The van der Waals surface area contributed by atoms with Gasteiger partial charge in [0.1, 0.15) is 5.82 Å². The van der Waals surface area contributed by atoms with E-state index >= 15 is 0 Å². The largest absolute Gasteiger partial charge is 0.357 e. The van der Waals surface area contributed by atoms with Crippen LogP contribution in [0.4, 0.5) is 5.82 Å². The van der Waals surface area contributed by atoms with Gasteiger partial charge >= 0.3 is 0 Å². The summed E-state index contributed by atoms with van der Waals surface area (Å²) in [4.78, 5) is 24.4. The van der Waals surface area contributed by atoms with E-state index in [4.69, 9.17) is 4.98 Å². The molecule has 0 atom stereocenters. The molecule has 160 valence electrons. The zero-order valence-corrected chi connectivity index (χ0v) is 18.8. The molecule has 0 unspecified atom stereocenters. The van der Waals surface area contributed by atoms with Crippen LogP contribution in [0, 0.1) is 12.3 Å². The molecule has 3 aromatic rings. The predicted molar refractivity (Wildman–Crippen MR) is 125 cm³/mol. The minimum atomic E-state index is 0.0418. The number of anilines is 1. The molecule has 0 bridgehead atoms. The SMILES string of the molecule is Cc1ccc2sc(C3CC4(CC(NC(=O)c5ccnc(N6CCCC6)c5)C4)C3)nc2c1. The van der Waals surface area contributed by atoms with Gasteiger partial charge in [-0.2, -0.15) is 0 Å². The van der Waals surface area contributed by atoms with Crippen molar-refractivity contribution in [1.82, 2.24) is 15.3 Å². The van der Waals surface area contributed by atoms with Gasteiger partial charge < -0.3 is 10.2 Å². The van der Waals surface area contributed by atoms with E-state index in [-0.39, 0.29) is 5.91 Å². The summed E-state index contributed by atoms with van der Waals surface area (Å²) >= 11 is 1.85. The van der Waals surface area contributed by atoms with Crippen LogP contribution in [0.5, 0.6) is 0 Å². The van der Waals surface area contributed by atoms with Crippen molar-refractivity contribution in [3.05, 3.63) is 52.7 Å². The fourth-order valence-corrected chi connectivity index (χ4v) is 6.81. The summed E-state index contributed by atoms with van der Waals surface area (Å²) in [6.45, 7) is 4.20. The maximum Gasteiger partial charge on any atom is 0.251 e. The maximum absolute atomic E-state index is 12.8. The normalized spacial score (nSPS) is 27.3. The van der Waals surface area contributed by atoms with E-state index in [2.05, 4.69) is 40.3 Å². The fraction of sp³-hybridized carbons (Fsp3) is 0.480. The van der Waals surface area contributed by atoms with E-state index in [9.17, 15) is 4.79 Å². The second-order valence-electron chi connectivity index (χ2n) is 9.80. The first-order valence-electron chi connectivity index (χ1n) is 11.5. The van der Waals surface area contributed by atoms with Gasteiger partial charge in [0.2, 0.25) is 0 Å². The molecule has 2 aromatic heterocycles. The highest BCUT2D eigenvalue weighted by atomic mass is 32.1. The molecule has 1 amide bonds. The molecule has 6 rings (SSSR count). The van der Waals surface area contributed by atoms with Crippen molar-refractivity contribution in [3.8, 4) is 0 Å². The topological polar surface area (TPSA) is 58.1 Å². The van der Waals surface area contributed by atoms with Gasteiger partial charge in [0.25, 0.3) is 5.91 Å². The highest BCUT2D eigenvalue weighted by Gasteiger charge is 2.54. The molecule has 3 fully saturated rings. The van der Waals surface area contributed by atoms with E-state index in [0.717, 1.165) is 42.8 Å². The number of aromatic nitrogens is 2. The fourth-order valence-electron chi connectivity index (χ4n) is 5.76. The molecule has 1 saturated heterocycles. The average Bonchev–Trinajstić information content (AvgIpc) is 3.38. The molecule has 31 heavy (non-hydrogen) atoms. The number of benzene rings is 1. The van der Waals surface area contributed by atoms with Crippen molar-refractivity contribution in [3.63, 3.8) is 0 Å². The number of pyridine rings is 1. The minimum Gasteiger partial charge on any atom is -0.357 e. The Morgan fingerprint density at radius 1 is 1.13 bits per heavy atom. The standard InChI is InChI=1S/C25H28N4OS/c1-16-4-5-21-20(10-16)28-24(31-21)18-12-25(13-18)14-19(15-25)27-23(30)17-6-7-26-22(11-17)29-8-2-3-9-29/h4-7,10-11,18-19H,2-3,8-9,12-15H2,1H3,(H,27,30). The summed E-state index contributed by atoms with van der Waals surface area (Å²) in [7, 11) is 0. The molecule has 1 aliphatic heterocycles. The van der Waals surface area contributed by atoms with Crippen LogP contribution in [0.2, 0.25) is 0 Å². The van der Waals surface area contributed by atoms with Gasteiger partial charge in [0, 0.05) is 36.8 Å². The van der Waals surface area contributed by atoms with E-state index in [1.54, 1.807) is 6.20 Å². The summed E-state index contributed by atoms with van der Waals surface area (Å²) in [6.07, 6.45) is 8.81. The molecule has 3 aliphatic rings. The number of carbonyl (C=O) groups excluding carboxylic acids is 1. The maximum atomic E-state index is 12.8. The molecule has 3 heterocycles. The summed E-state index contributed by atoms with van der Waals surface area (Å²) in [5.74, 6) is 1.57. The first-order valence-corrected chi connectivity index (χ1v) is 12.3. The number of nitrogens with zero attached hydrogens (tertiary/aromatic N) is 3. The van der Waals surface area contributed by atoms with Crippen molar-refractivity contribution >= 4 is 33.3 Å². The van der Waals surface area contributed by atoms with Crippen LogP contribution in [0.25, 0.3) is 10.2 Å². The Balaban J connectivity index is 1.04. The number of carbonyl (C=O) groups is 1. The highest BCUT2D eigenvalue weighted by molar-refractivity contribution is 7.18. The van der Waals surface area contributed by atoms with Crippen molar-refractivity contribution in [1.29, 1.82) is 0 Å². The minimum absolute atomic E-state index is 0.0418. The zero-order valence-electron chi connectivity index (χ0n) is 17.9. The number of fused-ring (bicyclic) bond motifs is 1. The summed E-state index contributed by atoms with van der Waals surface area (Å²) in [6, 6.07) is 10.6. The molecular weight excluding hydrogens is 404 g/mol. The number of amides is 1. The van der Waals surface area contributed by atoms with Crippen LogP contribution < -0.4 is 10.2 Å². The molecular formula is C25H28N4OS. The predicted octanol–water partition coefficient (Wildman–Crippen LogP) is 5.06. The van der Waals surface area contributed by atoms with Crippen molar-refractivity contribution < 1.29 is 4.79 Å². The number of hydrogen-bond donors (Lipinski definition) is 1. The quantitative estimate of drug-likeness (QED) is 0.626. The molecule has 1 spiro atoms. The summed E-state index contributed by atoms with van der Waals surface area (Å²) in [5, 5.41) is 4.55. The number of thiazole rings is 1. The Morgan fingerprint density at radius 3 is 2.74 bits per heavy atom. The first-order chi connectivity index (χ1) is 15.1. The lowest BCUT2D eigenvalue weighted by Gasteiger charge is -2.57. The zero-order chi connectivity index (χ0) is 21.0. The lowest BCUT2D eigenvalue weighted by atomic mass is 9.50. The molecule has 1 N–H and O–H groups in total. The second kappa shape index (κ2) is 7.30. The molecule has 2 aliphatic carbocycles. The van der Waals surface area contributed by atoms with E-state index in [1.165, 1.54) is 41.0 Å². The van der Waals surface area contributed by atoms with Gasteiger partial charge in [0.05, 0.1) is 15.2 Å². The van der Waals surface area contributed by atoms with Gasteiger partial charge in [-0.15, -0.1) is 11.3 Å². The van der Waals surface area contributed by atoms with Gasteiger partial charge in [-0.3, -0.25) is 4.79 Å². The van der Waals surface area contributed by atoms with Crippen molar-refractivity contribution in [2.75, 3.05) is 18.0 Å². The second-order valence-corrected chi connectivity index (χ2v) is 10.9. The van der Waals surface area contributed by atoms with Crippen LogP contribution in [-0.2, 0) is 0 Å². The van der Waals surface area contributed by atoms with E-state index in [1.807, 2.05) is 23.5 Å². The number of nitrogens with one attached hydrogen (secondary N) is 1. The van der Waals surface area contributed by atoms with Crippen LogP contribution in [0.1, 0.15) is 65.4 Å². The van der Waals surface area contributed by atoms with E-state index < -0.39 is 0 Å². The third-order valence-corrected chi connectivity index (χ3v) is 8.60. The van der Waals surface area contributed by atoms with Crippen molar-refractivity contribution in [2.24, 2.45) is 5.41 Å². The van der Waals surface area contributed by atoms with Crippen LogP contribution in [-0.4, -0.2) is 35.0 Å². The molecule has 1 aromatic carbocycles. The Morgan fingerprint density at radius 2 is 1.94 bits per heavy atom. The summed E-state index contributed by atoms with van der Waals surface area (Å²) in [5.41, 5.74) is 3.57. The molecule has 6 heteroatoms. The number of aryl methyl sites for hydroxylation is 1. The smallest absolute Gasteiger partial charge is 0.251 e. The number of hydrogen-bond acceptors (Lipinski definition) is 5. The third-order valence-electron chi connectivity index (χ3n) is 7.40. The Labute approximate surface area is 186 Å². The molecule has 5 nitrogen and oxygen atoms in total. The van der Waals surface area contributed by atoms with Gasteiger partial charge in [-0.05, 0) is 80.7 Å². The van der Waals surface area contributed by atoms with Crippen molar-refractivity contribution in [2.45, 2.75) is 57.4 Å². The average molecular weight is 433 g/mol. The van der Waals surface area contributed by atoms with Crippen LogP contribution >= 0.6 is 11.3 Å². The first kappa shape index (κ1) is 19.2. The molecule has 2 saturated carbocycles. The molecule has 0 radical (unpaired) electrons. The number of rotatable bonds is 4. The summed E-state index contributed by atoms with van der Waals surface area (Å²) < 4.78 is 1.30. The lowest BCUT2D eigenvalue weighted by Crippen LogP contribution is -2.55. The van der Waals surface area contributed by atoms with E-state index in [0.29, 0.717) is 17.4 Å². The van der Waals surface area contributed by atoms with Crippen LogP contribution in [0.3, 0.4) is 0 Å². The van der Waals surface area contributed by atoms with Gasteiger partial charge in [0.15, 0.2) is 0 Å². The van der Waals surface area contributed by atoms with Crippen LogP contribution in [0.15, 0.2) is 36.5 Å². The van der Waals surface area contributed by atoms with Gasteiger partial charge in [-0.1, -0.05) is 6.07 Å².